The number of hydrogen-bond donors (Lipinski definition) is 3. The van der Waals surface area contributed by atoms with Gasteiger partial charge in [-0.1, -0.05) is 17.7 Å². The predicted octanol–water partition coefficient (Wildman–Crippen LogP) is 5.68. The second-order valence-electron chi connectivity index (χ2n) is 15.2. The first-order chi connectivity index (χ1) is 26.1. The minimum absolute atomic E-state index is 0.0459. The van der Waals surface area contributed by atoms with Crippen molar-refractivity contribution in [1.29, 1.82) is 0 Å². The second-order valence-corrected chi connectivity index (χ2v) is 15.6. The molecule has 278 valence electrons. The van der Waals surface area contributed by atoms with Crippen LogP contribution in [0.3, 0.4) is 0 Å². The largest absolute Gasteiger partial charge is 0.382 e. The van der Waals surface area contributed by atoms with Gasteiger partial charge in [0, 0.05) is 73.2 Å². The molecule has 0 bridgehead atoms. The number of benzene rings is 3. The van der Waals surface area contributed by atoms with Crippen LogP contribution < -0.4 is 20.9 Å². The maximum atomic E-state index is 13.3. The molecule has 8 rings (SSSR count). The minimum atomic E-state index is -0.959. The highest BCUT2D eigenvalue weighted by Gasteiger charge is 2.45. The van der Waals surface area contributed by atoms with Gasteiger partial charge in [-0.05, 0) is 111 Å². The average Bonchev–Trinajstić information content (AvgIpc) is 3.67. The highest BCUT2D eigenvalue weighted by Crippen LogP contribution is 2.35. The number of hydrogen-bond acceptors (Lipinski definition) is 8. The van der Waals surface area contributed by atoms with E-state index in [4.69, 9.17) is 18.2 Å². The lowest BCUT2D eigenvalue weighted by molar-refractivity contribution is -0.136. The first-order valence-electron chi connectivity index (χ1n) is 18.8. The van der Waals surface area contributed by atoms with Crippen LogP contribution in [-0.2, 0) is 22.7 Å². The molecule has 0 aromatic heterocycles. The molecule has 1 atom stereocenters. The molecule has 0 spiro atoms. The maximum Gasteiger partial charge on any atom is 0.262 e. The van der Waals surface area contributed by atoms with Gasteiger partial charge in [-0.2, -0.15) is 0 Å². The van der Waals surface area contributed by atoms with E-state index < -0.39 is 23.8 Å². The molecule has 4 heterocycles. The van der Waals surface area contributed by atoms with Crippen LogP contribution in [0.2, 0.25) is 5.02 Å². The molecule has 0 radical (unpaired) electrons. The Bertz CT molecular complexity index is 2020. The SMILES string of the molecule is [C-]#[N+]c1ccc(NC2CCC(NC(=O)c3ccc(N4CCC(CN5Cc6cc7c(cc6C5)C(=O)N(C5CCC(=O)NC5=O)C7=O)CC4)cc3)CC2)cc1Cl. The Kier molecular flexibility index (Phi) is 9.85. The van der Waals surface area contributed by atoms with Crippen molar-refractivity contribution in [3.05, 3.63) is 98.9 Å². The average molecular weight is 748 g/mol. The van der Waals surface area contributed by atoms with E-state index in [9.17, 15) is 24.0 Å². The predicted molar refractivity (Wildman–Crippen MR) is 203 cm³/mol. The Morgan fingerprint density at radius 3 is 2.09 bits per heavy atom. The van der Waals surface area contributed by atoms with Crippen LogP contribution >= 0.6 is 11.6 Å². The zero-order chi connectivity index (χ0) is 37.5. The zero-order valence-corrected chi connectivity index (χ0v) is 30.7. The van der Waals surface area contributed by atoms with E-state index in [1.807, 2.05) is 42.5 Å². The molecule has 12 nitrogen and oxygen atoms in total. The van der Waals surface area contributed by atoms with E-state index in [0.717, 1.165) is 85.6 Å². The number of imide groups is 2. The van der Waals surface area contributed by atoms with E-state index in [1.54, 1.807) is 12.1 Å². The van der Waals surface area contributed by atoms with E-state index in [0.29, 0.717) is 52.4 Å². The van der Waals surface area contributed by atoms with Crippen molar-refractivity contribution in [2.45, 2.75) is 82.6 Å². The molecule has 4 aliphatic heterocycles. The number of carbonyl (C=O) groups is 5. The summed E-state index contributed by atoms with van der Waals surface area (Å²) in [7, 11) is 0. The van der Waals surface area contributed by atoms with Crippen LogP contribution in [0.15, 0.2) is 54.6 Å². The van der Waals surface area contributed by atoms with Gasteiger partial charge in [0.2, 0.25) is 17.5 Å². The number of nitrogens with one attached hydrogen (secondary N) is 3. The number of carbonyl (C=O) groups excluding carboxylic acids is 5. The third-order valence-corrected chi connectivity index (χ3v) is 12.0. The van der Waals surface area contributed by atoms with Gasteiger partial charge >= 0.3 is 0 Å². The van der Waals surface area contributed by atoms with Crippen LogP contribution in [0, 0.1) is 12.5 Å². The summed E-state index contributed by atoms with van der Waals surface area (Å²) < 4.78 is 0. The Morgan fingerprint density at radius 1 is 0.833 bits per heavy atom. The van der Waals surface area contributed by atoms with E-state index in [2.05, 4.69) is 30.6 Å². The minimum Gasteiger partial charge on any atom is -0.382 e. The van der Waals surface area contributed by atoms with Gasteiger partial charge in [0.05, 0.1) is 17.7 Å². The lowest BCUT2D eigenvalue weighted by Gasteiger charge is -2.35. The molecule has 2 saturated heterocycles. The summed E-state index contributed by atoms with van der Waals surface area (Å²) in [5.74, 6) is -1.44. The molecule has 3 aromatic rings. The summed E-state index contributed by atoms with van der Waals surface area (Å²) in [5, 5.41) is 9.44. The van der Waals surface area contributed by atoms with Crippen LogP contribution in [0.5, 0.6) is 0 Å². The Hall–Kier alpha value is -5.25. The number of amides is 5. The van der Waals surface area contributed by atoms with Crippen LogP contribution in [-0.4, -0.2) is 77.1 Å². The topological polar surface area (TPSA) is 136 Å². The van der Waals surface area contributed by atoms with Crippen molar-refractivity contribution >= 4 is 58.2 Å². The summed E-state index contributed by atoms with van der Waals surface area (Å²) in [6.45, 7) is 11.4. The van der Waals surface area contributed by atoms with Crippen LogP contribution in [0.25, 0.3) is 4.85 Å². The molecule has 5 aliphatic rings. The molecular formula is C41H42ClN7O5. The quantitative estimate of drug-likeness (QED) is 0.198. The lowest BCUT2D eigenvalue weighted by atomic mass is 9.90. The van der Waals surface area contributed by atoms with Crippen molar-refractivity contribution < 1.29 is 24.0 Å². The molecule has 13 heteroatoms. The maximum absolute atomic E-state index is 13.3. The van der Waals surface area contributed by atoms with Crippen molar-refractivity contribution in [2.75, 3.05) is 29.9 Å². The number of anilines is 2. The standard InChI is InChI=1S/C41H42ClN7O5/c1-43-35-11-8-30(20-34(35)42)44-28-4-6-29(7-5-28)45-38(51)25-2-9-31(10-3-25)48-16-14-24(15-17-48)21-47-22-26-18-32-33(19-27(26)23-47)41(54)49(40(32)53)36-12-13-37(50)46-39(36)52/h2-3,8-11,18-20,24,28-29,36,44H,4-7,12-17,21-23H2,(H,45,51)(H,46,50,52). The molecule has 1 unspecified atom stereocenters. The van der Waals surface area contributed by atoms with Crippen molar-refractivity contribution in [3.63, 3.8) is 0 Å². The monoisotopic (exact) mass is 747 g/mol. The normalized spacial score (nSPS) is 23.1. The van der Waals surface area contributed by atoms with E-state index in [1.165, 1.54) is 0 Å². The number of fused-ring (bicyclic) bond motifs is 2. The third kappa shape index (κ3) is 7.18. The molecule has 54 heavy (non-hydrogen) atoms. The summed E-state index contributed by atoms with van der Waals surface area (Å²) in [6.07, 6.45) is 5.98. The van der Waals surface area contributed by atoms with Crippen molar-refractivity contribution in [1.82, 2.24) is 20.4 Å². The fraction of sp³-hybridized carbons (Fsp3) is 0.415. The number of nitrogens with zero attached hydrogens (tertiary/aromatic N) is 4. The van der Waals surface area contributed by atoms with Crippen LogP contribution in [0.4, 0.5) is 17.1 Å². The fourth-order valence-corrected chi connectivity index (χ4v) is 8.93. The summed E-state index contributed by atoms with van der Waals surface area (Å²) in [5.41, 5.74) is 5.89. The Labute approximate surface area is 319 Å². The molecule has 1 saturated carbocycles. The third-order valence-electron chi connectivity index (χ3n) is 11.7. The molecule has 5 amide bonds. The van der Waals surface area contributed by atoms with Gasteiger partial charge in [-0.3, -0.25) is 39.1 Å². The highest BCUT2D eigenvalue weighted by molar-refractivity contribution is 6.33. The first-order valence-corrected chi connectivity index (χ1v) is 19.2. The van der Waals surface area contributed by atoms with Gasteiger partial charge in [0.1, 0.15) is 6.04 Å². The van der Waals surface area contributed by atoms with E-state index in [-0.39, 0.29) is 30.7 Å². The Balaban J connectivity index is 0.780. The van der Waals surface area contributed by atoms with Gasteiger partial charge in [0.15, 0.2) is 0 Å². The molecule has 3 N–H and O–H groups in total. The summed E-state index contributed by atoms with van der Waals surface area (Å²) in [6, 6.07) is 16.5. The molecule has 1 aliphatic carbocycles. The lowest BCUT2D eigenvalue weighted by Crippen LogP contribution is -2.54. The first kappa shape index (κ1) is 35.8. The van der Waals surface area contributed by atoms with Crippen molar-refractivity contribution in [2.24, 2.45) is 5.92 Å². The number of halogens is 1. The fourth-order valence-electron chi connectivity index (χ4n) is 8.70. The summed E-state index contributed by atoms with van der Waals surface area (Å²) >= 11 is 6.20. The van der Waals surface area contributed by atoms with Gasteiger partial charge in [-0.25, -0.2) is 4.85 Å². The Morgan fingerprint density at radius 2 is 1.48 bits per heavy atom. The molecule has 3 fully saturated rings. The smallest absolute Gasteiger partial charge is 0.262 e. The second kappa shape index (κ2) is 14.9. The van der Waals surface area contributed by atoms with E-state index >= 15 is 0 Å². The number of piperidine rings is 2. The highest BCUT2D eigenvalue weighted by atomic mass is 35.5. The molecule has 3 aromatic carbocycles. The molecular weight excluding hydrogens is 706 g/mol. The van der Waals surface area contributed by atoms with Gasteiger partial charge in [0.25, 0.3) is 17.7 Å². The van der Waals surface area contributed by atoms with Crippen LogP contribution in [0.1, 0.15) is 93.6 Å². The zero-order valence-electron chi connectivity index (χ0n) is 29.9. The van der Waals surface area contributed by atoms with Gasteiger partial charge < -0.3 is 15.5 Å². The number of rotatable bonds is 8. The van der Waals surface area contributed by atoms with Crippen molar-refractivity contribution in [3.8, 4) is 0 Å². The summed E-state index contributed by atoms with van der Waals surface area (Å²) in [4.78, 5) is 72.9. The van der Waals surface area contributed by atoms with Gasteiger partial charge in [-0.15, -0.1) is 0 Å².